The standard InChI is InChI=1S/C15H20O2/c1-12(2)14-10-8-13(9-11-14)6-4-5-7-15(16)17-3/h8-11H,1,4-7H2,2-3H3. The molecule has 0 bridgehead atoms. The Kier molecular flexibility index (Phi) is 5.47. The van der Waals surface area contributed by atoms with Crippen LogP contribution < -0.4 is 0 Å². The number of methoxy groups -OCH3 is 1. The highest BCUT2D eigenvalue weighted by Gasteiger charge is 2.00. The number of aryl methyl sites for hydroxylation is 1. The van der Waals surface area contributed by atoms with Crippen molar-refractivity contribution in [3.63, 3.8) is 0 Å². The summed E-state index contributed by atoms with van der Waals surface area (Å²) in [7, 11) is 1.43. The van der Waals surface area contributed by atoms with Gasteiger partial charge in [-0.15, -0.1) is 0 Å². The number of rotatable bonds is 6. The van der Waals surface area contributed by atoms with Gasteiger partial charge >= 0.3 is 5.97 Å². The van der Waals surface area contributed by atoms with Crippen LogP contribution in [0.15, 0.2) is 30.8 Å². The van der Waals surface area contributed by atoms with E-state index in [1.165, 1.54) is 18.2 Å². The van der Waals surface area contributed by atoms with E-state index in [0.29, 0.717) is 6.42 Å². The molecule has 2 heteroatoms. The van der Waals surface area contributed by atoms with E-state index in [4.69, 9.17) is 0 Å². The zero-order chi connectivity index (χ0) is 12.7. The second-order valence-corrected chi connectivity index (χ2v) is 4.26. The van der Waals surface area contributed by atoms with Gasteiger partial charge in [-0.1, -0.05) is 36.4 Å². The summed E-state index contributed by atoms with van der Waals surface area (Å²) in [6.07, 6.45) is 3.42. The van der Waals surface area contributed by atoms with Gasteiger partial charge in [0.2, 0.25) is 0 Å². The zero-order valence-electron chi connectivity index (χ0n) is 10.7. The molecule has 92 valence electrons. The van der Waals surface area contributed by atoms with Crippen molar-refractivity contribution < 1.29 is 9.53 Å². The smallest absolute Gasteiger partial charge is 0.305 e. The van der Waals surface area contributed by atoms with Crippen molar-refractivity contribution in [2.24, 2.45) is 0 Å². The highest BCUT2D eigenvalue weighted by atomic mass is 16.5. The number of carbonyl (C=O) groups excluding carboxylic acids is 1. The zero-order valence-corrected chi connectivity index (χ0v) is 10.7. The van der Waals surface area contributed by atoms with Crippen LogP contribution >= 0.6 is 0 Å². The molecule has 0 saturated heterocycles. The first-order valence-electron chi connectivity index (χ1n) is 5.95. The van der Waals surface area contributed by atoms with Crippen LogP contribution in [-0.2, 0) is 16.0 Å². The van der Waals surface area contributed by atoms with Gasteiger partial charge < -0.3 is 4.74 Å². The SMILES string of the molecule is C=C(C)c1ccc(CCCCC(=O)OC)cc1. The van der Waals surface area contributed by atoms with Crippen molar-refractivity contribution in [1.82, 2.24) is 0 Å². The Balaban J connectivity index is 2.32. The molecule has 1 aromatic rings. The number of esters is 1. The lowest BCUT2D eigenvalue weighted by Gasteiger charge is -2.04. The quantitative estimate of drug-likeness (QED) is 0.553. The molecule has 0 spiro atoms. The van der Waals surface area contributed by atoms with Crippen LogP contribution in [0.5, 0.6) is 0 Å². The molecule has 0 atom stereocenters. The van der Waals surface area contributed by atoms with E-state index in [1.54, 1.807) is 0 Å². The number of allylic oxidation sites excluding steroid dienone is 1. The maximum absolute atomic E-state index is 10.9. The largest absolute Gasteiger partial charge is 0.469 e. The fourth-order valence-electron chi connectivity index (χ4n) is 1.66. The highest BCUT2D eigenvalue weighted by molar-refractivity contribution is 5.69. The number of hydrogen-bond acceptors (Lipinski definition) is 2. The van der Waals surface area contributed by atoms with E-state index in [0.717, 1.165) is 24.8 Å². The van der Waals surface area contributed by atoms with Crippen LogP contribution in [0, 0.1) is 0 Å². The van der Waals surface area contributed by atoms with Crippen molar-refractivity contribution >= 4 is 11.5 Å². The maximum Gasteiger partial charge on any atom is 0.305 e. The van der Waals surface area contributed by atoms with Gasteiger partial charge in [0.25, 0.3) is 0 Å². The Labute approximate surface area is 103 Å². The molecule has 2 nitrogen and oxygen atoms in total. The van der Waals surface area contributed by atoms with E-state index < -0.39 is 0 Å². The number of hydrogen-bond donors (Lipinski definition) is 0. The third-order valence-corrected chi connectivity index (χ3v) is 2.77. The summed E-state index contributed by atoms with van der Waals surface area (Å²) in [6, 6.07) is 8.44. The molecular weight excluding hydrogens is 212 g/mol. The molecular formula is C15H20O2. The normalized spacial score (nSPS) is 10.0. The Bertz CT molecular complexity index is 376. The van der Waals surface area contributed by atoms with E-state index in [9.17, 15) is 4.79 Å². The molecule has 0 saturated carbocycles. The molecule has 1 aromatic carbocycles. The molecule has 1 rings (SSSR count). The van der Waals surface area contributed by atoms with Crippen LogP contribution in [-0.4, -0.2) is 13.1 Å². The second kappa shape index (κ2) is 6.89. The van der Waals surface area contributed by atoms with E-state index in [2.05, 4.69) is 35.6 Å². The molecule has 0 aromatic heterocycles. The first kappa shape index (κ1) is 13.5. The third-order valence-electron chi connectivity index (χ3n) is 2.77. The molecule has 0 heterocycles. The van der Waals surface area contributed by atoms with Crippen molar-refractivity contribution in [1.29, 1.82) is 0 Å². The maximum atomic E-state index is 10.9. The summed E-state index contributed by atoms with van der Waals surface area (Å²) in [6.45, 7) is 5.91. The van der Waals surface area contributed by atoms with E-state index in [-0.39, 0.29) is 5.97 Å². The lowest BCUT2D eigenvalue weighted by molar-refractivity contribution is -0.140. The van der Waals surface area contributed by atoms with Crippen molar-refractivity contribution in [3.05, 3.63) is 42.0 Å². The molecule has 17 heavy (non-hydrogen) atoms. The Morgan fingerprint density at radius 3 is 2.41 bits per heavy atom. The van der Waals surface area contributed by atoms with Crippen LogP contribution in [0.3, 0.4) is 0 Å². The van der Waals surface area contributed by atoms with Gasteiger partial charge in [-0.3, -0.25) is 4.79 Å². The third kappa shape index (κ3) is 4.85. The molecule has 0 N–H and O–H groups in total. The lowest BCUT2D eigenvalue weighted by Crippen LogP contribution is -1.99. The molecule has 0 radical (unpaired) electrons. The predicted molar refractivity (Wildman–Crippen MR) is 70.7 cm³/mol. The second-order valence-electron chi connectivity index (χ2n) is 4.26. The minimum Gasteiger partial charge on any atom is -0.469 e. The fraction of sp³-hybridized carbons (Fsp3) is 0.400. The predicted octanol–water partition coefficient (Wildman–Crippen LogP) is 3.61. The average Bonchev–Trinajstić information content (AvgIpc) is 2.34. The molecule has 0 fully saturated rings. The highest BCUT2D eigenvalue weighted by Crippen LogP contribution is 2.14. The van der Waals surface area contributed by atoms with Crippen molar-refractivity contribution in [2.45, 2.75) is 32.6 Å². The van der Waals surface area contributed by atoms with Gasteiger partial charge in [0, 0.05) is 6.42 Å². The van der Waals surface area contributed by atoms with Gasteiger partial charge in [-0.25, -0.2) is 0 Å². The monoisotopic (exact) mass is 232 g/mol. The summed E-state index contributed by atoms with van der Waals surface area (Å²) in [5, 5.41) is 0. The molecule has 0 unspecified atom stereocenters. The summed E-state index contributed by atoms with van der Waals surface area (Å²) in [5.41, 5.74) is 3.57. The van der Waals surface area contributed by atoms with Gasteiger partial charge in [0.15, 0.2) is 0 Å². The van der Waals surface area contributed by atoms with Gasteiger partial charge in [0.1, 0.15) is 0 Å². The average molecular weight is 232 g/mol. The minimum absolute atomic E-state index is 0.123. The first-order valence-corrected chi connectivity index (χ1v) is 5.95. The number of benzene rings is 1. The number of carbonyl (C=O) groups is 1. The Hall–Kier alpha value is -1.57. The fourth-order valence-corrected chi connectivity index (χ4v) is 1.66. The summed E-state index contributed by atoms with van der Waals surface area (Å²) in [4.78, 5) is 10.9. The van der Waals surface area contributed by atoms with Crippen LogP contribution in [0.25, 0.3) is 5.57 Å². The topological polar surface area (TPSA) is 26.3 Å². The van der Waals surface area contributed by atoms with Gasteiger partial charge in [-0.05, 0) is 37.3 Å². The summed E-state index contributed by atoms with van der Waals surface area (Å²) >= 11 is 0. The van der Waals surface area contributed by atoms with Crippen molar-refractivity contribution in [2.75, 3.05) is 7.11 Å². The Morgan fingerprint density at radius 2 is 1.88 bits per heavy atom. The van der Waals surface area contributed by atoms with Crippen LogP contribution in [0.1, 0.15) is 37.3 Å². The Morgan fingerprint density at radius 1 is 1.24 bits per heavy atom. The van der Waals surface area contributed by atoms with E-state index >= 15 is 0 Å². The minimum atomic E-state index is -0.123. The molecule has 0 amide bonds. The summed E-state index contributed by atoms with van der Waals surface area (Å²) < 4.78 is 4.60. The number of ether oxygens (including phenoxy) is 1. The first-order chi connectivity index (χ1) is 8.13. The van der Waals surface area contributed by atoms with Crippen LogP contribution in [0.2, 0.25) is 0 Å². The van der Waals surface area contributed by atoms with Gasteiger partial charge in [-0.2, -0.15) is 0 Å². The van der Waals surface area contributed by atoms with E-state index in [1.807, 2.05) is 6.92 Å². The van der Waals surface area contributed by atoms with Gasteiger partial charge in [0.05, 0.1) is 7.11 Å². The number of unbranched alkanes of at least 4 members (excludes halogenated alkanes) is 1. The van der Waals surface area contributed by atoms with Crippen molar-refractivity contribution in [3.8, 4) is 0 Å². The lowest BCUT2D eigenvalue weighted by atomic mass is 10.0. The molecule has 0 aliphatic rings. The van der Waals surface area contributed by atoms with Crippen LogP contribution in [0.4, 0.5) is 0 Å². The summed E-state index contributed by atoms with van der Waals surface area (Å²) in [5.74, 6) is -0.123. The molecule has 0 aliphatic heterocycles. The molecule has 0 aliphatic carbocycles.